The van der Waals surface area contributed by atoms with Gasteiger partial charge in [-0.25, -0.2) is 31.9 Å². The molecule has 0 aromatic heterocycles. The summed E-state index contributed by atoms with van der Waals surface area (Å²) in [5, 5.41) is 58.0. The highest BCUT2D eigenvalue weighted by molar-refractivity contribution is 6.05. The van der Waals surface area contributed by atoms with Gasteiger partial charge in [0.25, 0.3) is 17.7 Å². The zero-order valence-corrected chi connectivity index (χ0v) is 62.4. The van der Waals surface area contributed by atoms with Crippen LogP contribution < -0.4 is 26.6 Å². The molecule has 2 saturated carbocycles. The summed E-state index contributed by atoms with van der Waals surface area (Å²) in [4.78, 5) is 113. The summed E-state index contributed by atoms with van der Waals surface area (Å²) in [5.74, 6) is -13.3. The van der Waals surface area contributed by atoms with Crippen molar-refractivity contribution >= 4 is 59.4 Å². The number of carboxylic acids is 5. The molecule has 2 aliphatic carbocycles. The largest absolute Gasteiger partial charge is 0.481 e. The first-order valence-electron chi connectivity index (χ1n) is 36.2. The molecule has 2 fully saturated rings. The molecule has 2 atom stereocenters. The fourth-order valence-electron chi connectivity index (χ4n) is 10.9. The van der Waals surface area contributed by atoms with Crippen molar-refractivity contribution in [2.45, 2.75) is 205 Å². The highest BCUT2D eigenvalue weighted by Crippen LogP contribution is 2.31. The topological polar surface area (TPSA) is 332 Å². The first-order chi connectivity index (χ1) is 48.5. The molecule has 4 aromatic carbocycles. The Hall–Kier alpha value is -8.70. The molecule has 24 heteroatoms. The fraction of sp³-hybridized carbons (Fsp3) is 0.570. The van der Waals surface area contributed by atoms with Crippen LogP contribution in [0.15, 0.2) is 78.9 Å². The minimum Gasteiger partial charge on any atom is -0.481 e. The van der Waals surface area contributed by atoms with E-state index in [1.165, 1.54) is 42.0 Å². The normalized spacial score (nSPS) is 15.2. The Kier molecular flexibility index (Phi) is 45.4. The molecule has 0 heterocycles. The lowest BCUT2D eigenvalue weighted by atomic mass is 9.78. The summed E-state index contributed by atoms with van der Waals surface area (Å²) in [6.45, 7) is 28.3. The second kappa shape index (κ2) is 50.6. The average molecular weight is 1450 g/mol. The van der Waals surface area contributed by atoms with Gasteiger partial charge in [-0.3, -0.25) is 33.6 Å². The molecule has 0 saturated heterocycles. The van der Waals surface area contributed by atoms with Crippen LogP contribution in [0.5, 0.6) is 0 Å². The Morgan fingerprint density at radius 2 is 0.728 bits per heavy atom. The number of benzene rings is 4. The zero-order valence-electron chi connectivity index (χ0n) is 62.4. The predicted octanol–water partition coefficient (Wildman–Crippen LogP) is 15.9. The van der Waals surface area contributed by atoms with Gasteiger partial charge in [0.05, 0.1) is 34.4 Å². The summed E-state index contributed by atoms with van der Waals surface area (Å²) in [7, 11) is 0. The quantitative estimate of drug-likeness (QED) is 0.00969. The molecule has 0 radical (unpaired) electrons. The molecular weight excluding hydrogens is 1330 g/mol. The fourth-order valence-corrected chi connectivity index (χ4v) is 10.9. The summed E-state index contributed by atoms with van der Waals surface area (Å²) in [6.07, 6.45) is 15.4. The minimum absolute atomic E-state index is 0.0275. The number of hydrogen-bond acceptors (Lipinski definition) is 10. The maximum absolute atomic E-state index is 13.6. The molecule has 10 N–H and O–H groups in total. The van der Waals surface area contributed by atoms with Crippen molar-refractivity contribution in [1.29, 1.82) is 0 Å². The standard InChI is InChI=1S/C14H15F4NO3.C14H19NO3.C14H25NO3.C14H19NO3.C14H25NO3.C9H12/c1-6(2)4-3-5-19-13(20)7-8(14(21)22)10(16)12(18)11(17)9(7)15;1-10(2)5-4-8-15-13(16)11-6-3-7-12(9-11)14(17)18;2*1-10(2)4-3-9-15-13(16)11-5-7-12(8-6-11)14(17)18;1-10(2)6-5-9-15-13(16)11-7-3-4-8-12(11)14(17)18;1-8(2)9-6-4-3-5-7-9/h6H,3-5H2,1-2H3,(H,19,20)(H,21,22);3,6-7,9-10H,4-5,8H2,1-2H3,(H,15,16)(H,17,18);10-12H,3-9H2,1-2H3,(H,15,16)(H,17,18);5-8,10H,3-4,9H2,1-2H3,(H,15,16)(H,17,18);10-12H,3-9H2,1-2H3,(H,15,16)(H,17,18);3-8H,1-2H3. The van der Waals surface area contributed by atoms with Crippen molar-refractivity contribution in [1.82, 2.24) is 26.6 Å². The summed E-state index contributed by atoms with van der Waals surface area (Å²) in [5.41, 5.74) is -0.274. The van der Waals surface area contributed by atoms with Crippen molar-refractivity contribution in [2.24, 2.45) is 53.3 Å². The van der Waals surface area contributed by atoms with Crippen molar-refractivity contribution in [2.75, 3.05) is 32.7 Å². The Morgan fingerprint density at radius 1 is 0.359 bits per heavy atom. The van der Waals surface area contributed by atoms with E-state index >= 15 is 0 Å². The molecule has 5 amide bonds. The second-order valence-corrected chi connectivity index (χ2v) is 28.4. The molecule has 20 nitrogen and oxygen atoms in total. The van der Waals surface area contributed by atoms with Gasteiger partial charge in [-0.1, -0.05) is 132 Å². The van der Waals surface area contributed by atoms with E-state index in [-0.39, 0.29) is 59.1 Å². The number of nitrogens with one attached hydrogen (secondary N) is 5. The maximum atomic E-state index is 13.6. The van der Waals surface area contributed by atoms with Crippen molar-refractivity contribution < 1.29 is 91.0 Å². The van der Waals surface area contributed by atoms with Crippen LogP contribution in [0.3, 0.4) is 0 Å². The lowest BCUT2D eigenvalue weighted by molar-refractivity contribution is -0.148. The maximum Gasteiger partial charge on any atom is 0.339 e. The number of amides is 5. The van der Waals surface area contributed by atoms with Crippen molar-refractivity contribution in [3.63, 3.8) is 0 Å². The highest BCUT2D eigenvalue weighted by Gasteiger charge is 2.36. The average Bonchev–Trinajstić information content (AvgIpc) is 0.775. The third kappa shape index (κ3) is 37.9. The van der Waals surface area contributed by atoms with E-state index < -0.39 is 76.1 Å². The van der Waals surface area contributed by atoms with Gasteiger partial charge >= 0.3 is 29.8 Å². The Bertz CT molecular complexity index is 3260. The molecule has 0 aliphatic heterocycles. The number of carboxylic acid groups (broad SMARTS) is 5. The van der Waals surface area contributed by atoms with Gasteiger partial charge in [0.2, 0.25) is 11.8 Å². The first kappa shape index (κ1) is 92.3. The van der Waals surface area contributed by atoms with Gasteiger partial charge in [-0.15, -0.1) is 0 Å². The van der Waals surface area contributed by atoms with Crippen LogP contribution in [0.1, 0.15) is 272 Å². The number of aliphatic carboxylic acids is 2. The lowest BCUT2D eigenvalue weighted by Crippen LogP contribution is -2.40. The molecule has 2 aliphatic rings. The summed E-state index contributed by atoms with van der Waals surface area (Å²) < 4.78 is 53.4. The van der Waals surface area contributed by atoms with Crippen LogP contribution in [0.4, 0.5) is 17.6 Å². The molecule has 103 heavy (non-hydrogen) atoms. The second-order valence-electron chi connectivity index (χ2n) is 28.4. The monoisotopic (exact) mass is 1450 g/mol. The van der Waals surface area contributed by atoms with E-state index in [9.17, 15) is 65.5 Å². The van der Waals surface area contributed by atoms with E-state index in [0.29, 0.717) is 111 Å². The Morgan fingerprint density at radius 3 is 1.12 bits per heavy atom. The highest BCUT2D eigenvalue weighted by atomic mass is 19.2. The van der Waals surface area contributed by atoms with Crippen LogP contribution in [0, 0.1) is 76.5 Å². The SMILES string of the molecule is CC(C)CCCNC(=O)C1CCC(C(=O)O)CC1.CC(C)CCCNC(=O)C1CCCCC1C(=O)O.CC(C)CCCNC(=O)c1c(F)c(F)c(F)c(F)c1C(=O)O.CC(C)CCCNC(=O)c1ccc(C(=O)O)cc1.CC(C)CCCNC(=O)c1cccc(C(=O)O)c1.CC(C)c1ccccc1. The third-order valence-corrected chi connectivity index (χ3v) is 17.1. The Labute approximate surface area is 606 Å². The smallest absolute Gasteiger partial charge is 0.339 e. The summed E-state index contributed by atoms with van der Waals surface area (Å²) >= 11 is 0. The van der Waals surface area contributed by atoms with E-state index in [4.69, 9.17) is 25.5 Å². The van der Waals surface area contributed by atoms with E-state index in [1.807, 2.05) is 19.9 Å². The molecule has 6 rings (SSSR count). The van der Waals surface area contributed by atoms with E-state index in [1.54, 1.807) is 12.1 Å². The van der Waals surface area contributed by atoms with Gasteiger partial charge in [0, 0.05) is 49.8 Å². The van der Waals surface area contributed by atoms with Gasteiger partial charge in [0.1, 0.15) is 5.56 Å². The van der Waals surface area contributed by atoms with Crippen LogP contribution in [0.2, 0.25) is 0 Å². The first-order valence-corrected chi connectivity index (χ1v) is 36.2. The van der Waals surface area contributed by atoms with Gasteiger partial charge in [-0.2, -0.15) is 0 Å². The molecule has 2 unspecified atom stereocenters. The number of rotatable bonds is 31. The van der Waals surface area contributed by atoms with Crippen molar-refractivity contribution in [3.05, 3.63) is 141 Å². The number of aromatic carboxylic acids is 3. The minimum atomic E-state index is -2.27. The van der Waals surface area contributed by atoms with Crippen LogP contribution >= 0.6 is 0 Å². The van der Waals surface area contributed by atoms with Gasteiger partial charge in [-0.05, 0) is 186 Å². The molecule has 0 bridgehead atoms. The predicted molar refractivity (Wildman–Crippen MR) is 390 cm³/mol. The molecular formula is C79H115F4N5O15. The molecule has 574 valence electrons. The van der Waals surface area contributed by atoms with Crippen molar-refractivity contribution in [3.8, 4) is 0 Å². The summed E-state index contributed by atoms with van der Waals surface area (Å²) in [6, 6.07) is 22.5. The number of halogens is 4. The van der Waals surface area contributed by atoms with Gasteiger partial charge in [0.15, 0.2) is 23.3 Å². The van der Waals surface area contributed by atoms with E-state index in [0.717, 1.165) is 77.2 Å². The van der Waals surface area contributed by atoms with Gasteiger partial charge < -0.3 is 52.1 Å². The van der Waals surface area contributed by atoms with E-state index in [2.05, 4.69) is 120 Å². The molecule has 0 spiro atoms. The Balaban J connectivity index is 0.000000625. The lowest BCUT2D eigenvalue weighted by Gasteiger charge is -2.27. The number of hydrogen-bond donors (Lipinski definition) is 10. The van der Waals surface area contributed by atoms with Crippen LogP contribution in [-0.4, -0.2) is 118 Å². The number of carbonyl (C=O) groups excluding carboxylic acids is 5. The third-order valence-electron chi connectivity index (χ3n) is 17.1. The zero-order chi connectivity index (χ0) is 77.9. The number of carbonyl (C=O) groups is 10. The van der Waals surface area contributed by atoms with Crippen LogP contribution in [-0.2, 0) is 19.2 Å². The molecule has 4 aromatic rings. The van der Waals surface area contributed by atoms with Crippen LogP contribution in [0.25, 0.3) is 0 Å².